The zero-order valence-electron chi connectivity index (χ0n) is 13.5. The van der Waals surface area contributed by atoms with Gasteiger partial charge in [0.05, 0.1) is 5.69 Å². The van der Waals surface area contributed by atoms with Crippen LogP contribution in [0.25, 0.3) is 5.57 Å². The highest BCUT2D eigenvalue weighted by atomic mass is 19.1. The van der Waals surface area contributed by atoms with Crippen LogP contribution in [0.2, 0.25) is 0 Å². The van der Waals surface area contributed by atoms with Gasteiger partial charge in [0.25, 0.3) is 0 Å². The molecule has 0 fully saturated rings. The summed E-state index contributed by atoms with van der Waals surface area (Å²) in [5, 5.41) is 5.02. The topological polar surface area (TPSA) is 58.2 Å². The number of benzene rings is 2. The van der Waals surface area contributed by atoms with Crippen molar-refractivity contribution >= 4 is 23.1 Å². The Morgan fingerprint density at radius 3 is 2.33 bits per heavy atom. The second kappa shape index (κ2) is 8.06. The minimum Gasteiger partial charge on any atom is -0.341 e. The van der Waals surface area contributed by atoms with Crippen molar-refractivity contribution in [2.75, 3.05) is 5.32 Å². The van der Waals surface area contributed by atoms with Crippen LogP contribution in [0.5, 0.6) is 0 Å². The van der Waals surface area contributed by atoms with E-state index in [-0.39, 0.29) is 11.6 Å². The lowest BCUT2D eigenvalue weighted by Gasteiger charge is -2.13. The highest BCUT2D eigenvalue weighted by molar-refractivity contribution is 6.00. The number of hydrogen-bond donors (Lipinski definition) is 2. The minimum atomic E-state index is -0.795. The summed E-state index contributed by atoms with van der Waals surface area (Å²) >= 11 is 0. The van der Waals surface area contributed by atoms with Gasteiger partial charge in [-0.25, -0.2) is 4.39 Å². The predicted octanol–water partition coefficient (Wildman–Crippen LogP) is 3.37. The standard InChI is InChI=1S/C19H19FN2O2/c1-13(15-8-4-3-5-9-15)12-18(23)21-14(2)19(24)22-17-11-7-6-10-16(17)20/h3-12,14H,1-2H3,(H,21,23)(H,22,24)/b13-12+. The minimum absolute atomic E-state index is 0.0830. The molecule has 4 nitrogen and oxygen atoms in total. The van der Waals surface area contributed by atoms with Crippen LogP contribution in [-0.4, -0.2) is 17.9 Å². The number of rotatable bonds is 5. The SMILES string of the molecule is C/C(=C\C(=O)NC(C)C(=O)Nc1ccccc1F)c1ccccc1. The summed E-state index contributed by atoms with van der Waals surface area (Å²) in [6, 6.07) is 14.5. The first kappa shape index (κ1) is 17.4. The van der Waals surface area contributed by atoms with Gasteiger partial charge in [0.15, 0.2) is 0 Å². The molecule has 5 heteroatoms. The van der Waals surface area contributed by atoms with Gasteiger partial charge in [0.1, 0.15) is 11.9 Å². The Hall–Kier alpha value is -2.95. The molecule has 0 spiro atoms. The zero-order chi connectivity index (χ0) is 17.5. The number of anilines is 1. The second-order valence-electron chi connectivity index (χ2n) is 5.39. The molecule has 1 unspecified atom stereocenters. The lowest BCUT2D eigenvalue weighted by atomic mass is 10.1. The first-order chi connectivity index (χ1) is 11.5. The van der Waals surface area contributed by atoms with Crippen molar-refractivity contribution in [3.8, 4) is 0 Å². The molecule has 24 heavy (non-hydrogen) atoms. The molecule has 0 aliphatic carbocycles. The highest BCUT2D eigenvalue weighted by Gasteiger charge is 2.16. The number of hydrogen-bond acceptors (Lipinski definition) is 2. The van der Waals surface area contributed by atoms with Crippen LogP contribution in [-0.2, 0) is 9.59 Å². The van der Waals surface area contributed by atoms with Crippen LogP contribution < -0.4 is 10.6 Å². The number of carbonyl (C=O) groups is 2. The molecular weight excluding hydrogens is 307 g/mol. The third kappa shape index (κ3) is 4.78. The van der Waals surface area contributed by atoms with Gasteiger partial charge in [-0.05, 0) is 37.1 Å². The molecule has 0 aromatic heterocycles. The molecule has 2 rings (SSSR count). The molecule has 2 aromatic carbocycles. The van der Waals surface area contributed by atoms with Crippen LogP contribution >= 0.6 is 0 Å². The maximum absolute atomic E-state index is 13.5. The molecule has 0 radical (unpaired) electrons. The molecule has 0 bridgehead atoms. The van der Waals surface area contributed by atoms with Crippen LogP contribution in [0.4, 0.5) is 10.1 Å². The van der Waals surface area contributed by atoms with Crippen molar-refractivity contribution < 1.29 is 14.0 Å². The van der Waals surface area contributed by atoms with E-state index in [0.29, 0.717) is 0 Å². The summed E-state index contributed by atoms with van der Waals surface area (Å²) in [5.41, 5.74) is 1.80. The van der Waals surface area contributed by atoms with Gasteiger partial charge in [-0.3, -0.25) is 9.59 Å². The van der Waals surface area contributed by atoms with Gasteiger partial charge >= 0.3 is 0 Å². The molecule has 2 amide bonds. The second-order valence-corrected chi connectivity index (χ2v) is 5.39. The van der Waals surface area contributed by atoms with Crippen LogP contribution in [0.1, 0.15) is 19.4 Å². The fourth-order valence-corrected chi connectivity index (χ4v) is 2.11. The van der Waals surface area contributed by atoms with Gasteiger partial charge in [0, 0.05) is 6.08 Å². The average Bonchev–Trinajstić information content (AvgIpc) is 2.57. The third-order valence-corrected chi connectivity index (χ3v) is 3.46. The Kier molecular flexibility index (Phi) is 5.84. The normalized spacial score (nSPS) is 12.4. The summed E-state index contributed by atoms with van der Waals surface area (Å²) in [7, 11) is 0. The predicted molar refractivity (Wildman–Crippen MR) is 92.7 cm³/mol. The highest BCUT2D eigenvalue weighted by Crippen LogP contribution is 2.13. The van der Waals surface area contributed by atoms with E-state index in [1.807, 2.05) is 37.3 Å². The van der Waals surface area contributed by atoms with Crippen molar-refractivity contribution in [2.24, 2.45) is 0 Å². The Balaban J connectivity index is 1.96. The van der Waals surface area contributed by atoms with Gasteiger partial charge in [-0.15, -0.1) is 0 Å². The number of halogens is 1. The van der Waals surface area contributed by atoms with Crippen molar-refractivity contribution in [3.63, 3.8) is 0 Å². The van der Waals surface area contributed by atoms with Gasteiger partial charge in [-0.1, -0.05) is 42.5 Å². The number of allylic oxidation sites excluding steroid dienone is 1. The first-order valence-electron chi connectivity index (χ1n) is 7.57. The van der Waals surface area contributed by atoms with E-state index in [1.165, 1.54) is 24.3 Å². The van der Waals surface area contributed by atoms with Crippen molar-refractivity contribution in [3.05, 3.63) is 72.1 Å². The van der Waals surface area contributed by atoms with E-state index in [9.17, 15) is 14.0 Å². The Bertz CT molecular complexity index is 757. The lowest BCUT2D eigenvalue weighted by molar-refractivity contribution is -0.123. The van der Waals surface area contributed by atoms with E-state index in [4.69, 9.17) is 0 Å². The van der Waals surface area contributed by atoms with Crippen molar-refractivity contribution in [2.45, 2.75) is 19.9 Å². The van der Waals surface area contributed by atoms with E-state index in [2.05, 4.69) is 10.6 Å². The zero-order valence-corrected chi connectivity index (χ0v) is 13.5. The quantitative estimate of drug-likeness (QED) is 0.828. The van der Waals surface area contributed by atoms with Crippen molar-refractivity contribution in [1.82, 2.24) is 5.32 Å². The molecule has 2 aromatic rings. The number of nitrogens with one attached hydrogen (secondary N) is 2. The smallest absolute Gasteiger partial charge is 0.246 e. The third-order valence-electron chi connectivity index (χ3n) is 3.46. The lowest BCUT2D eigenvalue weighted by Crippen LogP contribution is -2.41. The fourth-order valence-electron chi connectivity index (χ4n) is 2.11. The van der Waals surface area contributed by atoms with Crippen molar-refractivity contribution in [1.29, 1.82) is 0 Å². The molecule has 0 heterocycles. The van der Waals surface area contributed by atoms with Gasteiger partial charge in [-0.2, -0.15) is 0 Å². The van der Waals surface area contributed by atoms with Gasteiger partial charge in [0.2, 0.25) is 11.8 Å². The van der Waals surface area contributed by atoms with Crippen LogP contribution in [0.15, 0.2) is 60.7 Å². The summed E-state index contributed by atoms with van der Waals surface area (Å²) in [6.45, 7) is 3.36. The molecule has 0 aliphatic heterocycles. The molecule has 2 N–H and O–H groups in total. The fraction of sp³-hybridized carbons (Fsp3) is 0.158. The van der Waals surface area contributed by atoms with E-state index >= 15 is 0 Å². The number of para-hydroxylation sites is 1. The van der Waals surface area contributed by atoms with Crippen LogP contribution in [0, 0.1) is 5.82 Å². The average molecular weight is 326 g/mol. The van der Waals surface area contributed by atoms with E-state index < -0.39 is 17.8 Å². The summed E-state index contributed by atoms with van der Waals surface area (Å²) < 4.78 is 13.5. The Morgan fingerprint density at radius 1 is 1.04 bits per heavy atom. The first-order valence-corrected chi connectivity index (χ1v) is 7.57. The molecule has 0 saturated heterocycles. The molecule has 0 saturated carbocycles. The van der Waals surface area contributed by atoms with Gasteiger partial charge < -0.3 is 10.6 Å². The largest absolute Gasteiger partial charge is 0.341 e. The Labute approximate surface area is 140 Å². The van der Waals surface area contributed by atoms with E-state index in [0.717, 1.165) is 11.1 Å². The summed E-state index contributed by atoms with van der Waals surface area (Å²) in [6.07, 6.45) is 1.43. The van der Waals surface area contributed by atoms with Crippen LogP contribution in [0.3, 0.4) is 0 Å². The number of amides is 2. The summed E-state index contributed by atoms with van der Waals surface area (Å²) in [4.78, 5) is 24.1. The molecule has 124 valence electrons. The maximum atomic E-state index is 13.5. The Morgan fingerprint density at radius 2 is 1.67 bits per heavy atom. The monoisotopic (exact) mass is 326 g/mol. The molecular formula is C19H19FN2O2. The maximum Gasteiger partial charge on any atom is 0.246 e. The molecule has 0 aliphatic rings. The van der Waals surface area contributed by atoms with E-state index in [1.54, 1.807) is 13.0 Å². The number of carbonyl (C=O) groups excluding carboxylic acids is 2. The molecule has 1 atom stereocenters. The summed E-state index contributed by atoms with van der Waals surface area (Å²) in [5.74, 6) is -1.39.